The van der Waals surface area contributed by atoms with Crippen LogP contribution in [-0.4, -0.2) is 43.5 Å². The molecule has 1 amide bonds. The molecule has 0 aliphatic carbocycles. The lowest BCUT2D eigenvalue weighted by atomic mass is 9.96. The van der Waals surface area contributed by atoms with Gasteiger partial charge in [0, 0.05) is 11.9 Å². The summed E-state index contributed by atoms with van der Waals surface area (Å²) in [5, 5.41) is 20.5. The van der Waals surface area contributed by atoms with Gasteiger partial charge in [-0.15, -0.1) is 10.2 Å². The van der Waals surface area contributed by atoms with Crippen molar-refractivity contribution in [3.8, 4) is 5.75 Å². The molecule has 9 nitrogen and oxygen atoms in total. The molecule has 0 radical (unpaired) electrons. The SMILES string of the molecule is COc1cccc(C2C(=C(O)c3c(C)nc4ccccn34)C(=O)C(=O)N2c2nnc(SCc3ccccc3)s2)c1. The Kier molecular flexibility index (Phi) is 6.82. The number of carbonyl (C=O) groups excluding carboxylic acids is 2. The van der Waals surface area contributed by atoms with Gasteiger partial charge < -0.3 is 9.84 Å². The average molecular weight is 570 g/mol. The highest BCUT2D eigenvalue weighted by Gasteiger charge is 2.49. The van der Waals surface area contributed by atoms with E-state index in [0.29, 0.717) is 38.4 Å². The number of nitrogens with zero attached hydrogens (tertiary/aromatic N) is 5. The number of hydrogen-bond donors (Lipinski definition) is 1. The van der Waals surface area contributed by atoms with E-state index in [9.17, 15) is 14.7 Å². The number of amides is 1. The van der Waals surface area contributed by atoms with Crippen LogP contribution in [0.15, 0.2) is 88.9 Å². The van der Waals surface area contributed by atoms with Gasteiger partial charge in [0.05, 0.1) is 24.4 Å². The lowest BCUT2D eigenvalue weighted by Crippen LogP contribution is -2.29. The first kappa shape index (κ1) is 25.8. The number of aryl methyl sites for hydroxylation is 1. The van der Waals surface area contributed by atoms with Crippen molar-refractivity contribution in [3.05, 3.63) is 107 Å². The number of aliphatic hydroxyl groups excluding tert-OH is 1. The summed E-state index contributed by atoms with van der Waals surface area (Å²) in [4.78, 5) is 33.0. The Bertz CT molecular complexity index is 1780. The summed E-state index contributed by atoms with van der Waals surface area (Å²) in [6.07, 6.45) is 1.75. The molecule has 2 aromatic carbocycles. The van der Waals surface area contributed by atoms with Gasteiger partial charge in [0.1, 0.15) is 17.1 Å². The molecule has 200 valence electrons. The van der Waals surface area contributed by atoms with Crippen molar-refractivity contribution in [2.75, 3.05) is 12.0 Å². The second-order valence-electron chi connectivity index (χ2n) is 9.05. The Hall–Kier alpha value is -4.48. The van der Waals surface area contributed by atoms with Crippen LogP contribution in [0.5, 0.6) is 5.75 Å². The van der Waals surface area contributed by atoms with Gasteiger partial charge in [0.25, 0.3) is 5.78 Å². The van der Waals surface area contributed by atoms with Crippen LogP contribution >= 0.6 is 23.1 Å². The number of Topliss-reactive ketones (excluding diaryl/α,β-unsaturated/α-hetero) is 1. The molecule has 4 heterocycles. The molecule has 1 unspecified atom stereocenters. The second-order valence-corrected chi connectivity index (χ2v) is 11.2. The average Bonchev–Trinajstić information content (AvgIpc) is 3.65. The predicted octanol–water partition coefficient (Wildman–Crippen LogP) is 5.42. The number of carbonyl (C=O) groups is 2. The van der Waals surface area contributed by atoms with Crippen molar-refractivity contribution >= 4 is 51.3 Å². The summed E-state index contributed by atoms with van der Waals surface area (Å²) in [6, 6.07) is 21.5. The molecule has 6 rings (SSSR count). The summed E-state index contributed by atoms with van der Waals surface area (Å²) in [5.74, 6) is -0.694. The van der Waals surface area contributed by atoms with Gasteiger partial charge in [0.2, 0.25) is 5.13 Å². The van der Waals surface area contributed by atoms with Crippen LogP contribution in [-0.2, 0) is 15.3 Å². The van der Waals surface area contributed by atoms with Crippen LogP contribution < -0.4 is 9.64 Å². The van der Waals surface area contributed by atoms with Crippen molar-refractivity contribution in [2.45, 2.75) is 23.1 Å². The number of fused-ring (bicyclic) bond motifs is 1. The van der Waals surface area contributed by atoms with E-state index in [0.717, 1.165) is 5.56 Å². The predicted molar refractivity (Wildman–Crippen MR) is 154 cm³/mol. The van der Waals surface area contributed by atoms with E-state index in [4.69, 9.17) is 4.74 Å². The largest absolute Gasteiger partial charge is 0.505 e. The summed E-state index contributed by atoms with van der Waals surface area (Å²) >= 11 is 2.72. The highest BCUT2D eigenvalue weighted by molar-refractivity contribution is 8.00. The van der Waals surface area contributed by atoms with E-state index < -0.39 is 17.7 Å². The van der Waals surface area contributed by atoms with Crippen LogP contribution in [0, 0.1) is 6.92 Å². The van der Waals surface area contributed by atoms with Crippen molar-refractivity contribution in [3.63, 3.8) is 0 Å². The van der Waals surface area contributed by atoms with Gasteiger partial charge in [-0.1, -0.05) is 71.6 Å². The number of hydrogen-bond acceptors (Lipinski definition) is 9. The zero-order valence-electron chi connectivity index (χ0n) is 21.5. The van der Waals surface area contributed by atoms with Crippen LogP contribution in [0.3, 0.4) is 0 Å². The summed E-state index contributed by atoms with van der Waals surface area (Å²) in [6.45, 7) is 1.75. The topological polar surface area (TPSA) is 110 Å². The Morgan fingerprint density at radius 3 is 2.65 bits per heavy atom. The van der Waals surface area contributed by atoms with Crippen molar-refractivity contribution in [1.82, 2.24) is 19.6 Å². The molecule has 11 heteroatoms. The summed E-state index contributed by atoms with van der Waals surface area (Å²) < 4.78 is 7.78. The number of imidazole rings is 1. The molecule has 1 saturated heterocycles. The third-order valence-electron chi connectivity index (χ3n) is 6.59. The third kappa shape index (κ3) is 4.52. The molecule has 40 heavy (non-hydrogen) atoms. The summed E-state index contributed by atoms with van der Waals surface area (Å²) in [7, 11) is 1.54. The van der Waals surface area contributed by atoms with Gasteiger partial charge in [0.15, 0.2) is 10.1 Å². The smallest absolute Gasteiger partial charge is 0.301 e. The zero-order chi connectivity index (χ0) is 27.8. The fourth-order valence-corrected chi connectivity index (χ4v) is 6.58. The fourth-order valence-electron chi connectivity index (χ4n) is 4.76. The number of aliphatic hydroxyl groups is 1. The molecule has 0 saturated carbocycles. The van der Waals surface area contributed by atoms with Gasteiger partial charge in [-0.05, 0) is 42.3 Å². The Morgan fingerprint density at radius 1 is 1.05 bits per heavy atom. The first-order valence-electron chi connectivity index (χ1n) is 12.4. The monoisotopic (exact) mass is 569 g/mol. The zero-order valence-corrected chi connectivity index (χ0v) is 23.1. The minimum Gasteiger partial charge on any atom is -0.505 e. The number of benzene rings is 2. The second kappa shape index (κ2) is 10.6. The maximum absolute atomic E-state index is 13.6. The molecular formula is C29H23N5O4S2. The standard InChI is InChI=1S/C29H23N5O4S2/c1-17-23(33-14-7-6-13-21(33)30-17)25(35)22-24(19-11-8-12-20(15-19)38-2)34(27(37)26(22)36)28-31-32-29(40-28)39-16-18-9-4-3-5-10-18/h3-15,24,35H,16H2,1-2H3. The Balaban J connectivity index is 1.46. The molecule has 3 aromatic heterocycles. The Labute approximate surface area is 237 Å². The van der Waals surface area contributed by atoms with E-state index in [2.05, 4.69) is 15.2 Å². The third-order valence-corrected chi connectivity index (χ3v) is 8.72. The fraction of sp³-hybridized carbons (Fsp3) is 0.138. The number of methoxy groups -OCH3 is 1. The van der Waals surface area contributed by atoms with Gasteiger partial charge in [-0.3, -0.25) is 18.9 Å². The molecule has 1 aliphatic rings. The maximum Gasteiger partial charge on any atom is 0.301 e. The van der Waals surface area contributed by atoms with E-state index in [-0.39, 0.29) is 16.5 Å². The van der Waals surface area contributed by atoms with E-state index in [1.54, 1.807) is 61.0 Å². The molecule has 1 atom stereocenters. The van der Waals surface area contributed by atoms with Gasteiger partial charge in [-0.25, -0.2) is 4.98 Å². The minimum atomic E-state index is -0.955. The van der Waals surface area contributed by atoms with Crippen LogP contribution in [0.2, 0.25) is 0 Å². The number of anilines is 1. The highest BCUT2D eigenvalue weighted by atomic mass is 32.2. The molecule has 0 bridgehead atoms. The highest BCUT2D eigenvalue weighted by Crippen LogP contribution is 2.44. The number of pyridine rings is 1. The number of ether oxygens (including phenoxy) is 1. The van der Waals surface area contributed by atoms with E-state index in [1.807, 2.05) is 36.4 Å². The molecular weight excluding hydrogens is 546 g/mol. The van der Waals surface area contributed by atoms with Crippen molar-refractivity contribution < 1.29 is 19.4 Å². The van der Waals surface area contributed by atoms with E-state index in [1.165, 1.54) is 28.0 Å². The first-order chi connectivity index (χ1) is 19.5. The molecule has 0 spiro atoms. The lowest BCUT2D eigenvalue weighted by molar-refractivity contribution is -0.132. The van der Waals surface area contributed by atoms with Crippen molar-refractivity contribution in [1.29, 1.82) is 0 Å². The van der Waals surface area contributed by atoms with Gasteiger partial charge in [-0.2, -0.15) is 0 Å². The Morgan fingerprint density at radius 2 is 1.85 bits per heavy atom. The lowest BCUT2D eigenvalue weighted by Gasteiger charge is -2.22. The summed E-state index contributed by atoms with van der Waals surface area (Å²) in [5.41, 5.74) is 3.14. The van der Waals surface area contributed by atoms with Crippen LogP contribution in [0.1, 0.15) is 28.6 Å². The number of thioether (sulfide) groups is 1. The quantitative estimate of drug-likeness (QED) is 0.0910. The van der Waals surface area contributed by atoms with E-state index >= 15 is 0 Å². The maximum atomic E-state index is 13.6. The normalized spacial score (nSPS) is 16.6. The molecule has 1 fully saturated rings. The minimum absolute atomic E-state index is 0.0549. The first-order valence-corrected chi connectivity index (χ1v) is 14.2. The number of rotatable bonds is 7. The van der Waals surface area contributed by atoms with Crippen LogP contribution in [0.4, 0.5) is 5.13 Å². The van der Waals surface area contributed by atoms with Gasteiger partial charge >= 0.3 is 5.91 Å². The number of aromatic nitrogens is 4. The van der Waals surface area contributed by atoms with Crippen LogP contribution in [0.25, 0.3) is 11.4 Å². The molecule has 5 aromatic rings. The molecule has 1 aliphatic heterocycles. The van der Waals surface area contributed by atoms with Crippen molar-refractivity contribution in [2.24, 2.45) is 0 Å². The number of ketones is 1. The molecule has 1 N–H and O–H groups in total.